The maximum Gasteiger partial charge on any atom is 0.132 e. The molecular weight excluding hydrogens is 264 g/mol. The van der Waals surface area contributed by atoms with Gasteiger partial charge in [0, 0.05) is 17.3 Å². The number of hydrogen-bond donors (Lipinski definition) is 0. The van der Waals surface area contributed by atoms with Gasteiger partial charge in [0.05, 0.1) is 0 Å². The van der Waals surface area contributed by atoms with E-state index in [1.165, 1.54) is 10.0 Å². The lowest BCUT2D eigenvalue weighted by Gasteiger charge is -2.03. The maximum absolute atomic E-state index is 10.2. The Morgan fingerprint density at radius 1 is 1.25 bits per heavy atom. The topological polar surface area (TPSA) is 17.1 Å². The van der Waals surface area contributed by atoms with E-state index in [1.807, 2.05) is 19.9 Å². The Morgan fingerprint density at radius 3 is 2.06 bits per heavy atom. The van der Waals surface area contributed by atoms with Crippen molar-refractivity contribution in [1.29, 1.82) is 0 Å². The molecule has 1 aromatic carbocycles. The average molecular weight is 285 g/mol. The van der Waals surface area contributed by atoms with Gasteiger partial charge in [-0.15, -0.1) is 0 Å². The van der Waals surface area contributed by atoms with Crippen molar-refractivity contribution in [3.63, 3.8) is 0 Å². The van der Waals surface area contributed by atoms with Gasteiger partial charge in [0.2, 0.25) is 0 Å². The summed E-state index contributed by atoms with van der Waals surface area (Å²) >= 11 is 3.43. The van der Waals surface area contributed by atoms with Crippen LogP contribution in [0.15, 0.2) is 28.7 Å². The molecule has 0 aliphatic carbocycles. The Bertz CT molecular complexity index is 312. The van der Waals surface area contributed by atoms with Gasteiger partial charge >= 0.3 is 0 Å². The summed E-state index contributed by atoms with van der Waals surface area (Å²) in [5, 5.41) is 0. The lowest BCUT2D eigenvalue weighted by Crippen LogP contribution is -1.88. The zero-order valence-electron chi connectivity index (χ0n) is 10.6. The summed E-state index contributed by atoms with van der Waals surface area (Å²) in [7, 11) is 0. The van der Waals surface area contributed by atoms with Crippen LogP contribution in [0.3, 0.4) is 0 Å². The summed E-state index contributed by atoms with van der Waals surface area (Å²) in [6, 6.07) is 8.42. The third-order valence-corrected chi connectivity index (χ3v) is 2.80. The summed E-state index contributed by atoms with van der Waals surface area (Å²) in [5.74, 6) is 0.965. The second-order valence-corrected chi connectivity index (χ2v) is 4.87. The highest BCUT2D eigenvalue weighted by Crippen LogP contribution is 2.18. The number of halogens is 1. The average Bonchev–Trinajstić information content (AvgIpc) is 2.28. The van der Waals surface area contributed by atoms with Crippen molar-refractivity contribution >= 4 is 21.7 Å². The summed E-state index contributed by atoms with van der Waals surface area (Å²) in [5.41, 5.74) is 1.38. The van der Waals surface area contributed by atoms with Crippen LogP contribution < -0.4 is 0 Å². The monoisotopic (exact) mass is 284 g/mol. The zero-order chi connectivity index (χ0) is 12.6. The molecule has 0 N–H and O–H groups in total. The molecule has 0 fully saturated rings. The predicted octanol–water partition coefficient (Wildman–Crippen LogP) is 4.95. The SMILES string of the molecule is CC(C)c1cccc(Br)c1.CCC(=O)CC. The Kier molecular flexibility index (Phi) is 8.18. The minimum atomic E-state index is 0.343. The number of hydrogen-bond acceptors (Lipinski definition) is 1. The highest BCUT2D eigenvalue weighted by atomic mass is 79.9. The van der Waals surface area contributed by atoms with Crippen LogP contribution >= 0.6 is 15.9 Å². The molecule has 0 bridgehead atoms. The van der Waals surface area contributed by atoms with Gasteiger partial charge < -0.3 is 0 Å². The van der Waals surface area contributed by atoms with Crippen molar-refractivity contribution in [2.24, 2.45) is 0 Å². The molecule has 0 atom stereocenters. The van der Waals surface area contributed by atoms with E-state index in [0.29, 0.717) is 24.5 Å². The third kappa shape index (κ3) is 6.78. The quantitative estimate of drug-likeness (QED) is 0.768. The largest absolute Gasteiger partial charge is 0.300 e. The zero-order valence-corrected chi connectivity index (χ0v) is 12.2. The fourth-order valence-corrected chi connectivity index (χ4v) is 1.53. The number of rotatable bonds is 3. The molecule has 0 aliphatic heterocycles. The molecule has 0 saturated carbocycles. The highest BCUT2D eigenvalue weighted by Gasteiger charge is 1.96. The fourth-order valence-electron chi connectivity index (χ4n) is 1.12. The van der Waals surface area contributed by atoms with Gasteiger partial charge in [-0.1, -0.05) is 55.8 Å². The molecule has 0 saturated heterocycles. The highest BCUT2D eigenvalue weighted by molar-refractivity contribution is 9.10. The van der Waals surface area contributed by atoms with Crippen molar-refractivity contribution in [1.82, 2.24) is 0 Å². The number of Topliss-reactive ketones (excluding diaryl/α,β-unsaturated/α-hetero) is 1. The van der Waals surface area contributed by atoms with Gasteiger partial charge in [0.15, 0.2) is 0 Å². The molecule has 2 heteroatoms. The lowest BCUT2D eigenvalue weighted by molar-refractivity contribution is -0.118. The second-order valence-electron chi connectivity index (χ2n) is 3.96. The smallest absolute Gasteiger partial charge is 0.132 e. The van der Waals surface area contributed by atoms with E-state index in [0.717, 1.165) is 0 Å². The second kappa shape index (κ2) is 8.51. The van der Waals surface area contributed by atoms with Crippen LogP contribution in [0, 0.1) is 0 Å². The van der Waals surface area contributed by atoms with E-state index < -0.39 is 0 Å². The number of benzene rings is 1. The Morgan fingerprint density at radius 2 is 1.81 bits per heavy atom. The number of carbonyl (C=O) groups is 1. The molecule has 1 rings (SSSR count). The molecule has 0 aliphatic rings. The van der Waals surface area contributed by atoms with Crippen LogP contribution in [0.25, 0.3) is 0 Å². The van der Waals surface area contributed by atoms with Gasteiger partial charge in [-0.3, -0.25) is 4.79 Å². The van der Waals surface area contributed by atoms with Crippen LogP contribution in [0.5, 0.6) is 0 Å². The third-order valence-electron chi connectivity index (χ3n) is 2.30. The molecule has 1 aromatic rings. The van der Waals surface area contributed by atoms with Crippen LogP contribution in [-0.4, -0.2) is 5.78 Å². The molecule has 1 nitrogen and oxygen atoms in total. The van der Waals surface area contributed by atoms with Gasteiger partial charge in [-0.2, -0.15) is 0 Å². The molecule has 0 aromatic heterocycles. The van der Waals surface area contributed by atoms with E-state index in [4.69, 9.17) is 0 Å². The van der Waals surface area contributed by atoms with Crippen LogP contribution in [0.1, 0.15) is 52.0 Å². The maximum atomic E-state index is 10.2. The predicted molar refractivity (Wildman–Crippen MR) is 73.8 cm³/mol. The molecule has 16 heavy (non-hydrogen) atoms. The molecule has 0 spiro atoms. The van der Waals surface area contributed by atoms with E-state index in [9.17, 15) is 4.79 Å². The number of ketones is 1. The Balaban J connectivity index is 0.000000325. The fraction of sp³-hybridized carbons (Fsp3) is 0.500. The molecule has 90 valence electrons. The van der Waals surface area contributed by atoms with Crippen molar-refractivity contribution in [2.45, 2.75) is 46.5 Å². The van der Waals surface area contributed by atoms with E-state index in [1.54, 1.807) is 0 Å². The van der Waals surface area contributed by atoms with Crippen LogP contribution in [-0.2, 0) is 4.79 Å². The first-order chi connectivity index (χ1) is 7.51. The van der Waals surface area contributed by atoms with Gasteiger partial charge in [0.25, 0.3) is 0 Å². The van der Waals surface area contributed by atoms with Crippen LogP contribution in [0.4, 0.5) is 0 Å². The van der Waals surface area contributed by atoms with Gasteiger partial charge in [0.1, 0.15) is 5.78 Å². The standard InChI is InChI=1S/C9H11Br.C5H10O/c1-7(2)8-4-3-5-9(10)6-8;1-3-5(6)4-2/h3-7H,1-2H3;3-4H2,1-2H3. The molecule has 0 heterocycles. The minimum Gasteiger partial charge on any atom is -0.300 e. The van der Waals surface area contributed by atoms with Crippen molar-refractivity contribution in [2.75, 3.05) is 0 Å². The van der Waals surface area contributed by atoms with Gasteiger partial charge in [-0.25, -0.2) is 0 Å². The first-order valence-corrected chi connectivity index (χ1v) is 6.57. The molecule has 0 amide bonds. The van der Waals surface area contributed by atoms with Crippen molar-refractivity contribution in [3.8, 4) is 0 Å². The van der Waals surface area contributed by atoms with Crippen molar-refractivity contribution < 1.29 is 4.79 Å². The molecule has 0 unspecified atom stereocenters. The van der Waals surface area contributed by atoms with E-state index in [-0.39, 0.29) is 0 Å². The van der Waals surface area contributed by atoms with Crippen molar-refractivity contribution in [3.05, 3.63) is 34.3 Å². The summed E-state index contributed by atoms with van der Waals surface area (Å²) in [4.78, 5) is 10.2. The van der Waals surface area contributed by atoms with Gasteiger partial charge in [-0.05, 0) is 23.6 Å². The summed E-state index contributed by atoms with van der Waals surface area (Å²) < 4.78 is 1.17. The Labute approximate surface area is 107 Å². The van der Waals surface area contributed by atoms with E-state index in [2.05, 4.69) is 48.0 Å². The number of carbonyl (C=O) groups excluding carboxylic acids is 1. The van der Waals surface area contributed by atoms with E-state index >= 15 is 0 Å². The first kappa shape index (κ1) is 15.4. The minimum absolute atomic E-state index is 0.343. The summed E-state index contributed by atoms with van der Waals surface area (Å²) in [6.07, 6.45) is 1.38. The molecular formula is C14H21BrO. The first-order valence-electron chi connectivity index (χ1n) is 5.78. The molecule has 0 radical (unpaired) electrons. The summed E-state index contributed by atoms with van der Waals surface area (Å²) in [6.45, 7) is 8.15. The Hall–Kier alpha value is -0.630. The van der Waals surface area contributed by atoms with Crippen LogP contribution in [0.2, 0.25) is 0 Å². The normalized spacial score (nSPS) is 9.62. The lowest BCUT2D eigenvalue weighted by atomic mass is 10.0.